The van der Waals surface area contributed by atoms with Gasteiger partial charge in [0.1, 0.15) is 0 Å². The Kier molecular flexibility index (Phi) is 4.42. The van der Waals surface area contributed by atoms with E-state index >= 15 is 0 Å². The molecule has 1 saturated carbocycles. The van der Waals surface area contributed by atoms with Gasteiger partial charge in [-0.15, -0.1) is 0 Å². The summed E-state index contributed by atoms with van der Waals surface area (Å²) in [7, 11) is 0. The Balaban J connectivity index is 2.09. The summed E-state index contributed by atoms with van der Waals surface area (Å²) in [6.45, 7) is 4.51. The molecular formula is C12H22. The molecule has 0 heteroatoms. The molecule has 0 N–H and O–H groups in total. The van der Waals surface area contributed by atoms with E-state index in [-0.39, 0.29) is 0 Å². The minimum atomic E-state index is 1.00. The van der Waals surface area contributed by atoms with Crippen molar-refractivity contribution in [2.24, 2.45) is 11.8 Å². The first-order valence-corrected chi connectivity index (χ1v) is 5.44. The standard InChI is InChI=1S/C12H22/c1-3-4-5-6-12-9-7-11(2)8-10-12/h3-4,11-12H,5-10H2,1-2H3/b4-3+. The van der Waals surface area contributed by atoms with Crippen LogP contribution in [0.15, 0.2) is 12.2 Å². The molecule has 1 aliphatic rings. The van der Waals surface area contributed by atoms with Gasteiger partial charge in [0.15, 0.2) is 0 Å². The van der Waals surface area contributed by atoms with Gasteiger partial charge in [-0.3, -0.25) is 0 Å². The Bertz CT molecular complexity index is 127. The predicted molar refractivity (Wildman–Crippen MR) is 55.2 cm³/mol. The third-order valence-electron chi connectivity index (χ3n) is 3.11. The predicted octanol–water partition coefficient (Wildman–Crippen LogP) is 4.17. The Labute approximate surface area is 77.1 Å². The topological polar surface area (TPSA) is 0 Å². The van der Waals surface area contributed by atoms with Crippen molar-refractivity contribution in [3.8, 4) is 0 Å². The molecule has 0 nitrogen and oxygen atoms in total. The van der Waals surface area contributed by atoms with Crippen molar-refractivity contribution in [2.75, 3.05) is 0 Å². The van der Waals surface area contributed by atoms with E-state index in [0.29, 0.717) is 0 Å². The van der Waals surface area contributed by atoms with Crippen molar-refractivity contribution in [1.29, 1.82) is 0 Å². The summed E-state index contributed by atoms with van der Waals surface area (Å²) < 4.78 is 0. The second kappa shape index (κ2) is 5.40. The van der Waals surface area contributed by atoms with Crippen LogP contribution in [-0.2, 0) is 0 Å². The Morgan fingerprint density at radius 1 is 1.17 bits per heavy atom. The number of hydrogen-bond donors (Lipinski definition) is 0. The molecule has 0 spiro atoms. The highest BCUT2D eigenvalue weighted by Crippen LogP contribution is 2.30. The van der Waals surface area contributed by atoms with Crippen LogP contribution in [-0.4, -0.2) is 0 Å². The summed E-state index contributed by atoms with van der Waals surface area (Å²) in [5, 5.41) is 0. The molecule has 1 fully saturated rings. The highest BCUT2D eigenvalue weighted by molar-refractivity contribution is 4.79. The van der Waals surface area contributed by atoms with Crippen LogP contribution >= 0.6 is 0 Å². The zero-order valence-electron chi connectivity index (χ0n) is 8.55. The van der Waals surface area contributed by atoms with Gasteiger partial charge in [0.25, 0.3) is 0 Å². The van der Waals surface area contributed by atoms with Gasteiger partial charge < -0.3 is 0 Å². The maximum atomic E-state index is 2.39. The first-order chi connectivity index (χ1) is 5.83. The van der Waals surface area contributed by atoms with E-state index in [1.165, 1.54) is 38.5 Å². The largest absolute Gasteiger partial charge is 0.0917 e. The zero-order valence-corrected chi connectivity index (χ0v) is 8.55. The summed E-state index contributed by atoms with van der Waals surface area (Å²) in [6.07, 6.45) is 13.1. The fourth-order valence-electron chi connectivity index (χ4n) is 2.12. The van der Waals surface area contributed by atoms with Crippen molar-refractivity contribution in [1.82, 2.24) is 0 Å². The molecular weight excluding hydrogens is 144 g/mol. The Morgan fingerprint density at radius 2 is 1.83 bits per heavy atom. The molecule has 1 rings (SSSR count). The van der Waals surface area contributed by atoms with E-state index in [1.54, 1.807) is 0 Å². The van der Waals surface area contributed by atoms with Gasteiger partial charge in [-0.1, -0.05) is 44.8 Å². The van der Waals surface area contributed by atoms with Crippen LogP contribution in [0.1, 0.15) is 52.4 Å². The summed E-state index contributed by atoms with van der Waals surface area (Å²) >= 11 is 0. The zero-order chi connectivity index (χ0) is 8.81. The summed E-state index contributed by atoms with van der Waals surface area (Å²) in [6, 6.07) is 0. The lowest BCUT2D eigenvalue weighted by atomic mass is 9.81. The average molecular weight is 166 g/mol. The highest BCUT2D eigenvalue weighted by Gasteiger charge is 2.16. The van der Waals surface area contributed by atoms with Gasteiger partial charge in [-0.25, -0.2) is 0 Å². The van der Waals surface area contributed by atoms with Crippen molar-refractivity contribution >= 4 is 0 Å². The molecule has 0 aliphatic heterocycles. The third kappa shape index (κ3) is 3.42. The lowest BCUT2D eigenvalue weighted by molar-refractivity contribution is 0.279. The molecule has 0 saturated heterocycles. The number of rotatable bonds is 3. The molecule has 0 aromatic carbocycles. The van der Waals surface area contributed by atoms with Gasteiger partial charge in [-0.2, -0.15) is 0 Å². The Morgan fingerprint density at radius 3 is 2.42 bits per heavy atom. The first-order valence-electron chi connectivity index (χ1n) is 5.44. The Hall–Kier alpha value is -0.260. The molecule has 1 aliphatic carbocycles. The van der Waals surface area contributed by atoms with Crippen LogP contribution in [0.3, 0.4) is 0 Å². The summed E-state index contributed by atoms with van der Waals surface area (Å²) in [5.74, 6) is 2.04. The van der Waals surface area contributed by atoms with E-state index in [0.717, 1.165) is 11.8 Å². The number of hydrogen-bond acceptors (Lipinski definition) is 0. The quantitative estimate of drug-likeness (QED) is 0.552. The maximum absolute atomic E-state index is 2.39. The minimum Gasteiger partial charge on any atom is -0.0917 e. The highest BCUT2D eigenvalue weighted by atomic mass is 14.2. The molecule has 0 unspecified atom stereocenters. The van der Waals surface area contributed by atoms with Crippen LogP contribution in [0, 0.1) is 11.8 Å². The van der Waals surface area contributed by atoms with Gasteiger partial charge >= 0.3 is 0 Å². The van der Waals surface area contributed by atoms with Crippen LogP contribution in [0.25, 0.3) is 0 Å². The maximum Gasteiger partial charge on any atom is -0.0348 e. The summed E-state index contributed by atoms with van der Waals surface area (Å²) in [5.41, 5.74) is 0. The van der Waals surface area contributed by atoms with E-state index in [2.05, 4.69) is 26.0 Å². The monoisotopic (exact) mass is 166 g/mol. The van der Waals surface area contributed by atoms with E-state index in [4.69, 9.17) is 0 Å². The van der Waals surface area contributed by atoms with E-state index in [9.17, 15) is 0 Å². The lowest BCUT2D eigenvalue weighted by Crippen LogP contribution is -2.11. The second-order valence-electron chi connectivity index (χ2n) is 4.27. The molecule has 0 bridgehead atoms. The van der Waals surface area contributed by atoms with Gasteiger partial charge in [0.2, 0.25) is 0 Å². The van der Waals surface area contributed by atoms with Gasteiger partial charge in [0.05, 0.1) is 0 Å². The normalized spacial score (nSPS) is 31.2. The first kappa shape index (κ1) is 9.83. The van der Waals surface area contributed by atoms with Crippen LogP contribution in [0.4, 0.5) is 0 Å². The van der Waals surface area contributed by atoms with Crippen molar-refractivity contribution in [3.63, 3.8) is 0 Å². The molecule has 0 aromatic rings. The van der Waals surface area contributed by atoms with Crippen LogP contribution in [0.5, 0.6) is 0 Å². The fourth-order valence-corrected chi connectivity index (χ4v) is 2.12. The minimum absolute atomic E-state index is 1.00. The average Bonchev–Trinajstić information content (AvgIpc) is 2.09. The molecule has 0 aromatic heterocycles. The molecule has 0 atom stereocenters. The smallest absolute Gasteiger partial charge is 0.0348 e. The van der Waals surface area contributed by atoms with Crippen molar-refractivity contribution < 1.29 is 0 Å². The molecule has 0 heterocycles. The van der Waals surface area contributed by atoms with Gasteiger partial charge in [0, 0.05) is 0 Å². The van der Waals surface area contributed by atoms with Crippen LogP contribution < -0.4 is 0 Å². The summed E-state index contributed by atoms with van der Waals surface area (Å²) in [4.78, 5) is 0. The lowest BCUT2D eigenvalue weighted by Gasteiger charge is -2.25. The molecule has 0 amide bonds. The van der Waals surface area contributed by atoms with E-state index in [1.807, 2.05) is 0 Å². The van der Waals surface area contributed by atoms with Crippen LogP contribution in [0.2, 0.25) is 0 Å². The molecule has 70 valence electrons. The van der Waals surface area contributed by atoms with Gasteiger partial charge in [-0.05, 0) is 31.6 Å². The van der Waals surface area contributed by atoms with Crippen molar-refractivity contribution in [2.45, 2.75) is 52.4 Å². The number of allylic oxidation sites excluding steroid dienone is 2. The van der Waals surface area contributed by atoms with E-state index < -0.39 is 0 Å². The second-order valence-corrected chi connectivity index (χ2v) is 4.27. The fraction of sp³-hybridized carbons (Fsp3) is 0.833. The third-order valence-corrected chi connectivity index (χ3v) is 3.11. The molecule has 12 heavy (non-hydrogen) atoms. The van der Waals surface area contributed by atoms with Crippen molar-refractivity contribution in [3.05, 3.63) is 12.2 Å². The SMILES string of the molecule is C/C=C/CCC1CCC(C)CC1. The molecule has 0 radical (unpaired) electrons.